The van der Waals surface area contributed by atoms with Gasteiger partial charge >= 0.3 is 0 Å². The number of nitrogens with zero attached hydrogens (tertiary/aromatic N) is 1. The molecule has 1 aromatic heterocycles. The van der Waals surface area contributed by atoms with Gasteiger partial charge in [0.2, 0.25) is 0 Å². The minimum atomic E-state index is -0.0594. The predicted molar refractivity (Wildman–Crippen MR) is 114 cm³/mol. The number of carbonyl (C=O) groups excluding carboxylic acids is 1. The van der Waals surface area contributed by atoms with Crippen molar-refractivity contribution in [2.24, 2.45) is 4.99 Å². The molecule has 3 rings (SSSR count). The van der Waals surface area contributed by atoms with Gasteiger partial charge in [0.05, 0.1) is 6.10 Å². The summed E-state index contributed by atoms with van der Waals surface area (Å²) in [4.78, 5) is 18.0. The fourth-order valence-corrected chi connectivity index (χ4v) is 3.81. The average Bonchev–Trinajstić information content (AvgIpc) is 3.43. The summed E-state index contributed by atoms with van der Waals surface area (Å²) in [5.41, 5.74) is 1.70. The van der Waals surface area contributed by atoms with Crippen molar-refractivity contribution < 1.29 is 9.53 Å². The first-order chi connectivity index (χ1) is 13.7. The molecular weight excluding hydrogens is 372 g/mol. The van der Waals surface area contributed by atoms with Crippen molar-refractivity contribution in [2.75, 3.05) is 26.7 Å². The van der Waals surface area contributed by atoms with Crippen LogP contribution in [0.15, 0.2) is 46.8 Å². The molecule has 7 heteroatoms. The molecule has 150 valence electrons. The lowest BCUT2D eigenvalue weighted by molar-refractivity contribution is 0.0857. The molecule has 0 aliphatic carbocycles. The maximum absolute atomic E-state index is 12.4. The monoisotopic (exact) mass is 400 g/mol. The van der Waals surface area contributed by atoms with Gasteiger partial charge in [0.1, 0.15) is 0 Å². The third-order valence-corrected chi connectivity index (χ3v) is 5.57. The van der Waals surface area contributed by atoms with Crippen LogP contribution < -0.4 is 16.0 Å². The van der Waals surface area contributed by atoms with Crippen molar-refractivity contribution in [3.05, 3.63) is 57.8 Å². The fraction of sp³-hybridized carbons (Fsp3) is 0.429. The highest BCUT2D eigenvalue weighted by molar-refractivity contribution is 7.09. The number of thiophene rings is 1. The highest BCUT2D eigenvalue weighted by atomic mass is 32.1. The van der Waals surface area contributed by atoms with Gasteiger partial charge in [0, 0.05) is 43.7 Å². The Balaban J connectivity index is 1.44. The number of ether oxygens (including phenoxy) is 1. The summed E-state index contributed by atoms with van der Waals surface area (Å²) in [6.07, 6.45) is 3.21. The van der Waals surface area contributed by atoms with Gasteiger partial charge < -0.3 is 20.7 Å². The van der Waals surface area contributed by atoms with Crippen molar-refractivity contribution >= 4 is 23.2 Å². The van der Waals surface area contributed by atoms with Crippen LogP contribution in [0, 0.1) is 0 Å². The van der Waals surface area contributed by atoms with Gasteiger partial charge in [-0.15, -0.1) is 11.3 Å². The van der Waals surface area contributed by atoms with E-state index in [9.17, 15) is 4.79 Å². The summed E-state index contributed by atoms with van der Waals surface area (Å²) in [7, 11) is 1.76. The summed E-state index contributed by atoms with van der Waals surface area (Å²) in [5, 5.41) is 11.7. The summed E-state index contributed by atoms with van der Waals surface area (Å²) in [6.45, 7) is 2.80. The second-order valence-corrected chi connectivity index (χ2v) is 7.76. The van der Waals surface area contributed by atoms with Gasteiger partial charge in [0.25, 0.3) is 5.91 Å². The minimum Gasteiger partial charge on any atom is -0.376 e. The molecule has 3 N–H and O–H groups in total. The van der Waals surface area contributed by atoms with E-state index in [4.69, 9.17) is 4.74 Å². The van der Waals surface area contributed by atoms with Gasteiger partial charge in [-0.1, -0.05) is 18.2 Å². The van der Waals surface area contributed by atoms with E-state index in [1.807, 2.05) is 24.3 Å². The molecule has 1 aliphatic rings. The lowest BCUT2D eigenvalue weighted by atomic mass is 10.1. The maximum Gasteiger partial charge on any atom is 0.251 e. The molecule has 2 heterocycles. The van der Waals surface area contributed by atoms with Crippen molar-refractivity contribution in [1.29, 1.82) is 0 Å². The average molecular weight is 401 g/mol. The first kappa shape index (κ1) is 20.4. The number of benzene rings is 1. The normalized spacial score (nSPS) is 16.8. The molecule has 6 nitrogen and oxygen atoms in total. The summed E-state index contributed by atoms with van der Waals surface area (Å²) >= 11 is 1.76. The number of carbonyl (C=O) groups is 1. The lowest BCUT2D eigenvalue weighted by Crippen LogP contribution is -2.37. The molecule has 1 unspecified atom stereocenters. The molecule has 1 fully saturated rings. The van der Waals surface area contributed by atoms with Gasteiger partial charge in [-0.2, -0.15) is 0 Å². The summed E-state index contributed by atoms with van der Waals surface area (Å²) in [5.74, 6) is 0.695. The summed E-state index contributed by atoms with van der Waals surface area (Å²) in [6, 6.07) is 11.9. The molecule has 0 radical (unpaired) electrons. The Morgan fingerprint density at radius 3 is 2.93 bits per heavy atom. The molecule has 0 saturated carbocycles. The number of hydrogen-bond acceptors (Lipinski definition) is 4. The molecule has 1 amide bonds. The van der Waals surface area contributed by atoms with Crippen LogP contribution in [0.1, 0.15) is 33.6 Å². The lowest BCUT2D eigenvalue weighted by Gasteiger charge is -2.13. The first-order valence-electron chi connectivity index (χ1n) is 9.70. The van der Waals surface area contributed by atoms with E-state index in [1.54, 1.807) is 18.4 Å². The zero-order valence-electron chi connectivity index (χ0n) is 16.2. The van der Waals surface area contributed by atoms with Crippen LogP contribution in [0.2, 0.25) is 0 Å². The largest absolute Gasteiger partial charge is 0.376 e. The van der Waals surface area contributed by atoms with E-state index in [1.165, 1.54) is 4.88 Å². The zero-order valence-corrected chi connectivity index (χ0v) is 17.1. The molecular formula is C21H28N4O2S. The van der Waals surface area contributed by atoms with Crippen LogP contribution in [-0.4, -0.2) is 44.7 Å². The predicted octanol–water partition coefficient (Wildman–Crippen LogP) is 2.56. The van der Waals surface area contributed by atoms with Gasteiger partial charge in [-0.3, -0.25) is 9.79 Å². The van der Waals surface area contributed by atoms with E-state index in [-0.39, 0.29) is 12.0 Å². The molecule has 0 spiro atoms. The highest BCUT2D eigenvalue weighted by Crippen LogP contribution is 2.11. The van der Waals surface area contributed by atoms with Gasteiger partial charge in [0.15, 0.2) is 5.96 Å². The number of hydrogen-bond donors (Lipinski definition) is 3. The zero-order chi connectivity index (χ0) is 19.6. The Morgan fingerprint density at radius 1 is 1.25 bits per heavy atom. The van der Waals surface area contributed by atoms with Gasteiger partial charge in [-0.25, -0.2) is 0 Å². The maximum atomic E-state index is 12.4. The van der Waals surface area contributed by atoms with Crippen molar-refractivity contribution in [1.82, 2.24) is 16.0 Å². The Kier molecular flexibility index (Phi) is 7.87. The van der Waals surface area contributed by atoms with Gasteiger partial charge in [-0.05, 0) is 48.4 Å². The Labute approximate surface area is 170 Å². The summed E-state index contributed by atoms with van der Waals surface area (Å²) < 4.78 is 5.55. The molecule has 0 bridgehead atoms. The van der Waals surface area contributed by atoms with E-state index in [0.717, 1.165) is 43.9 Å². The Hall–Kier alpha value is -2.38. The quantitative estimate of drug-likeness (QED) is 0.470. The molecule has 1 aliphatic heterocycles. The Bertz CT molecular complexity index is 770. The van der Waals surface area contributed by atoms with E-state index in [2.05, 4.69) is 38.5 Å². The second kappa shape index (κ2) is 10.8. The van der Waals surface area contributed by atoms with Crippen LogP contribution in [-0.2, 0) is 17.7 Å². The number of aliphatic imine (C=N–C) groups is 1. The van der Waals surface area contributed by atoms with Crippen molar-refractivity contribution in [3.63, 3.8) is 0 Å². The van der Waals surface area contributed by atoms with Crippen LogP contribution >= 0.6 is 11.3 Å². The molecule has 1 atom stereocenters. The van der Waals surface area contributed by atoms with Crippen molar-refractivity contribution in [3.8, 4) is 0 Å². The first-order valence-corrected chi connectivity index (χ1v) is 10.6. The van der Waals surface area contributed by atoms with Crippen LogP contribution in [0.5, 0.6) is 0 Å². The number of nitrogens with one attached hydrogen (secondary N) is 3. The minimum absolute atomic E-state index is 0.0594. The molecule has 1 saturated heterocycles. The molecule has 2 aromatic rings. The van der Waals surface area contributed by atoms with E-state index >= 15 is 0 Å². The standard InChI is InChI=1S/C21H28N4O2S/c1-22-21(23-10-9-19-8-4-12-28-19)25-14-16-5-2-6-17(13-16)20(26)24-15-18-7-3-11-27-18/h2,4-6,8,12-13,18H,3,7,9-11,14-15H2,1H3,(H,24,26)(H2,22,23,25). The topological polar surface area (TPSA) is 74.8 Å². The fourth-order valence-electron chi connectivity index (χ4n) is 3.10. The van der Waals surface area contributed by atoms with Crippen molar-refractivity contribution in [2.45, 2.75) is 31.9 Å². The number of amides is 1. The Morgan fingerprint density at radius 2 is 2.18 bits per heavy atom. The second-order valence-electron chi connectivity index (χ2n) is 6.73. The highest BCUT2D eigenvalue weighted by Gasteiger charge is 2.16. The molecule has 28 heavy (non-hydrogen) atoms. The smallest absolute Gasteiger partial charge is 0.251 e. The van der Waals surface area contributed by atoms with Crippen LogP contribution in [0.4, 0.5) is 0 Å². The number of guanidine groups is 1. The third kappa shape index (κ3) is 6.35. The SMILES string of the molecule is CN=C(NCCc1cccs1)NCc1cccc(C(=O)NCC2CCCO2)c1. The van der Waals surface area contributed by atoms with E-state index < -0.39 is 0 Å². The van der Waals surface area contributed by atoms with E-state index in [0.29, 0.717) is 18.7 Å². The number of rotatable bonds is 8. The van der Waals surface area contributed by atoms with Crippen LogP contribution in [0.3, 0.4) is 0 Å². The molecule has 1 aromatic carbocycles. The van der Waals surface area contributed by atoms with Crippen LogP contribution in [0.25, 0.3) is 0 Å². The third-order valence-electron chi connectivity index (χ3n) is 4.63.